The van der Waals surface area contributed by atoms with Crippen molar-refractivity contribution in [3.8, 4) is 0 Å². The van der Waals surface area contributed by atoms with E-state index in [2.05, 4.69) is 0 Å². The summed E-state index contributed by atoms with van der Waals surface area (Å²) < 4.78 is 0. The number of benzene rings is 1. The van der Waals surface area contributed by atoms with Crippen molar-refractivity contribution in [2.45, 2.75) is 13.3 Å². The fourth-order valence-corrected chi connectivity index (χ4v) is 2.78. The quantitative estimate of drug-likeness (QED) is 0.620. The molecule has 1 fully saturated rings. The summed E-state index contributed by atoms with van der Waals surface area (Å²) in [6.45, 7) is 3.43. The highest BCUT2D eigenvalue weighted by Crippen LogP contribution is 2.34. The smallest absolute Gasteiger partial charge is 0.271 e. The zero-order valence-electron chi connectivity index (χ0n) is 11.4. The SMILES string of the molecule is Cc1cc([N+](=O)[O-])cc(Cl)c1N1CCCN(C)C(=O)C1. The van der Waals surface area contributed by atoms with Crippen LogP contribution in [0.15, 0.2) is 12.1 Å². The molecule has 1 amide bonds. The second kappa shape index (κ2) is 5.66. The van der Waals surface area contributed by atoms with E-state index in [1.165, 1.54) is 12.1 Å². The summed E-state index contributed by atoms with van der Waals surface area (Å²) in [7, 11) is 1.77. The number of rotatable bonds is 2. The third-order valence-corrected chi connectivity index (χ3v) is 3.73. The number of halogens is 1. The maximum absolute atomic E-state index is 11.9. The standard InChI is InChI=1S/C13H16ClN3O3/c1-9-6-10(17(19)20)7-11(14)13(9)16-5-3-4-15(2)12(18)8-16/h6-7H,3-5,8H2,1-2H3. The lowest BCUT2D eigenvalue weighted by molar-refractivity contribution is -0.384. The van der Waals surface area contributed by atoms with Gasteiger partial charge in [0.2, 0.25) is 5.91 Å². The topological polar surface area (TPSA) is 66.7 Å². The molecule has 0 radical (unpaired) electrons. The average molecular weight is 298 g/mol. The molecule has 7 heteroatoms. The molecule has 0 N–H and O–H groups in total. The number of nitro benzene ring substituents is 1. The Hall–Kier alpha value is -1.82. The van der Waals surface area contributed by atoms with Gasteiger partial charge in [0, 0.05) is 32.3 Å². The first kappa shape index (κ1) is 14.6. The van der Waals surface area contributed by atoms with E-state index in [4.69, 9.17) is 11.6 Å². The lowest BCUT2D eigenvalue weighted by Crippen LogP contribution is -2.34. The number of hydrogen-bond acceptors (Lipinski definition) is 4. The van der Waals surface area contributed by atoms with Crippen LogP contribution in [0.5, 0.6) is 0 Å². The van der Waals surface area contributed by atoms with Gasteiger partial charge in [-0.1, -0.05) is 11.6 Å². The minimum atomic E-state index is -0.468. The molecular weight excluding hydrogens is 282 g/mol. The predicted molar refractivity (Wildman–Crippen MR) is 77.3 cm³/mol. The molecule has 1 aromatic carbocycles. The van der Waals surface area contributed by atoms with Gasteiger partial charge >= 0.3 is 0 Å². The molecule has 0 unspecified atom stereocenters. The highest BCUT2D eigenvalue weighted by atomic mass is 35.5. The Bertz CT molecular complexity index is 539. The van der Waals surface area contributed by atoms with E-state index in [0.29, 0.717) is 29.4 Å². The third-order valence-electron chi connectivity index (χ3n) is 3.44. The summed E-state index contributed by atoms with van der Waals surface area (Å²) in [6.07, 6.45) is 0.842. The Labute approximate surface area is 122 Å². The molecule has 0 saturated carbocycles. The fraction of sp³-hybridized carbons (Fsp3) is 0.462. The molecule has 0 aliphatic carbocycles. The van der Waals surface area contributed by atoms with Crippen LogP contribution in [0.1, 0.15) is 12.0 Å². The van der Waals surface area contributed by atoms with Gasteiger partial charge in [0.25, 0.3) is 5.69 Å². The van der Waals surface area contributed by atoms with Crippen molar-refractivity contribution in [2.75, 3.05) is 31.6 Å². The van der Waals surface area contributed by atoms with Crippen molar-refractivity contribution >= 4 is 28.9 Å². The number of likely N-dealkylation sites (N-methyl/N-ethyl adjacent to an activating group) is 1. The molecule has 6 nitrogen and oxygen atoms in total. The van der Waals surface area contributed by atoms with Crippen molar-refractivity contribution in [1.29, 1.82) is 0 Å². The normalized spacial score (nSPS) is 16.2. The Morgan fingerprint density at radius 2 is 2.05 bits per heavy atom. The van der Waals surface area contributed by atoms with Crippen LogP contribution in [0.25, 0.3) is 0 Å². The number of amides is 1. The molecule has 1 aliphatic rings. The molecular formula is C13H16ClN3O3. The minimum absolute atomic E-state index is 0.0244. The van der Waals surface area contributed by atoms with Gasteiger partial charge < -0.3 is 9.80 Å². The van der Waals surface area contributed by atoms with Crippen molar-refractivity contribution in [3.05, 3.63) is 32.8 Å². The Morgan fingerprint density at radius 1 is 1.35 bits per heavy atom. The minimum Gasteiger partial charge on any atom is -0.361 e. The van der Waals surface area contributed by atoms with Gasteiger partial charge in [-0.25, -0.2) is 0 Å². The third kappa shape index (κ3) is 2.85. The van der Waals surface area contributed by atoms with Crippen LogP contribution in [0.4, 0.5) is 11.4 Å². The molecule has 0 spiro atoms. The summed E-state index contributed by atoms with van der Waals surface area (Å²) in [6, 6.07) is 2.82. The number of aryl methyl sites for hydroxylation is 1. The lowest BCUT2D eigenvalue weighted by Gasteiger charge is -2.24. The summed E-state index contributed by atoms with van der Waals surface area (Å²) in [5, 5.41) is 11.1. The van der Waals surface area contributed by atoms with E-state index in [9.17, 15) is 14.9 Å². The summed E-state index contributed by atoms with van der Waals surface area (Å²) in [4.78, 5) is 25.9. The second-order valence-corrected chi connectivity index (χ2v) is 5.35. The maximum Gasteiger partial charge on any atom is 0.271 e. The molecule has 0 atom stereocenters. The van der Waals surface area contributed by atoms with E-state index in [-0.39, 0.29) is 18.1 Å². The highest BCUT2D eigenvalue weighted by Gasteiger charge is 2.23. The predicted octanol–water partition coefficient (Wildman–Crippen LogP) is 2.23. The van der Waals surface area contributed by atoms with Gasteiger partial charge in [0.15, 0.2) is 0 Å². The van der Waals surface area contributed by atoms with Gasteiger partial charge in [-0.2, -0.15) is 0 Å². The Kier molecular flexibility index (Phi) is 4.13. The molecule has 0 aromatic heterocycles. The molecule has 108 valence electrons. The van der Waals surface area contributed by atoms with Gasteiger partial charge in [-0.3, -0.25) is 14.9 Å². The first-order valence-corrected chi connectivity index (χ1v) is 6.71. The van der Waals surface area contributed by atoms with Crippen LogP contribution in [0, 0.1) is 17.0 Å². The van der Waals surface area contributed by atoms with E-state index in [1.807, 2.05) is 4.90 Å². The van der Waals surface area contributed by atoms with E-state index in [0.717, 1.165) is 6.42 Å². The zero-order chi connectivity index (χ0) is 14.9. The fourth-order valence-electron chi connectivity index (χ4n) is 2.40. The number of hydrogen-bond donors (Lipinski definition) is 0. The van der Waals surface area contributed by atoms with E-state index < -0.39 is 4.92 Å². The first-order valence-electron chi connectivity index (χ1n) is 6.33. The monoisotopic (exact) mass is 297 g/mol. The van der Waals surface area contributed by atoms with Gasteiger partial charge in [0.05, 0.1) is 22.2 Å². The van der Waals surface area contributed by atoms with Crippen LogP contribution in [0.3, 0.4) is 0 Å². The van der Waals surface area contributed by atoms with Crippen LogP contribution >= 0.6 is 11.6 Å². The van der Waals surface area contributed by atoms with Gasteiger partial charge in [-0.15, -0.1) is 0 Å². The first-order chi connectivity index (χ1) is 9.40. The van der Waals surface area contributed by atoms with Crippen molar-refractivity contribution in [1.82, 2.24) is 4.90 Å². The molecule has 1 heterocycles. The van der Waals surface area contributed by atoms with E-state index in [1.54, 1.807) is 18.9 Å². The van der Waals surface area contributed by atoms with Gasteiger partial charge in [0.1, 0.15) is 0 Å². The summed E-state index contributed by atoms with van der Waals surface area (Å²) >= 11 is 6.18. The van der Waals surface area contributed by atoms with E-state index >= 15 is 0 Å². The molecule has 2 rings (SSSR count). The molecule has 20 heavy (non-hydrogen) atoms. The number of nitro groups is 1. The Balaban J connectivity index is 2.37. The molecule has 0 bridgehead atoms. The largest absolute Gasteiger partial charge is 0.361 e. The summed E-state index contributed by atoms with van der Waals surface area (Å²) in [5.74, 6) is 0.0244. The van der Waals surface area contributed by atoms with Crippen LogP contribution in [0.2, 0.25) is 5.02 Å². The number of nitrogens with zero attached hydrogens (tertiary/aromatic N) is 3. The average Bonchev–Trinajstić information content (AvgIpc) is 2.51. The van der Waals surface area contributed by atoms with Crippen molar-refractivity contribution in [3.63, 3.8) is 0 Å². The van der Waals surface area contributed by atoms with Crippen molar-refractivity contribution in [2.24, 2.45) is 0 Å². The zero-order valence-corrected chi connectivity index (χ0v) is 12.2. The lowest BCUT2D eigenvalue weighted by atomic mass is 10.1. The molecule has 1 aliphatic heterocycles. The second-order valence-electron chi connectivity index (χ2n) is 4.94. The number of anilines is 1. The van der Waals surface area contributed by atoms with Crippen molar-refractivity contribution < 1.29 is 9.72 Å². The van der Waals surface area contributed by atoms with Crippen LogP contribution < -0.4 is 4.90 Å². The molecule has 1 aromatic rings. The number of carbonyl (C=O) groups excluding carboxylic acids is 1. The number of carbonyl (C=O) groups is 1. The number of non-ortho nitro benzene ring substituents is 1. The molecule has 1 saturated heterocycles. The van der Waals surface area contributed by atoms with Crippen LogP contribution in [-0.4, -0.2) is 42.4 Å². The maximum atomic E-state index is 11.9. The summed E-state index contributed by atoms with van der Waals surface area (Å²) in [5.41, 5.74) is 1.39. The van der Waals surface area contributed by atoms with Crippen LogP contribution in [-0.2, 0) is 4.79 Å². The Morgan fingerprint density at radius 3 is 2.65 bits per heavy atom. The van der Waals surface area contributed by atoms with Gasteiger partial charge in [-0.05, 0) is 18.9 Å². The highest BCUT2D eigenvalue weighted by molar-refractivity contribution is 6.33.